The van der Waals surface area contributed by atoms with Crippen molar-refractivity contribution in [2.24, 2.45) is 4.99 Å². The molecule has 0 atom stereocenters. The fourth-order valence-corrected chi connectivity index (χ4v) is 1.91. The smallest absolute Gasteiger partial charge is 0.363 e. The van der Waals surface area contributed by atoms with Gasteiger partial charge in [0.1, 0.15) is 11.6 Å². The molecule has 0 amide bonds. The maximum atomic E-state index is 13.6. The van der Waals surface area contributed by atoms with Gasteiger partial charge in [-0.15, -0.1) is 0 Å². The molecule has 3 rings (SSSR count). The van der Waals surface area contributed by atoms with Crippen molar-refractivity contribution in [1.29, 1.82) is 0 Å². The molecule has 0 saturated heterocycles. The number of hydrogen-bond donors (Lipinski definition) is 0. The zero-order valence-corrected chi connectivity index (χ0v) is 10.7. The zero-order valence-electron chi connectivity index (χ0n) is 10.7. The van der Waals surface area contributed by atoms with Crippen molar-refractivity contribution in [1.82, 2.24) is 0 Å². The molecule has 1 heterocycles. The summed E-state index contributed by atoms with van der Waals surface area (Å²) >= 11 is 0. The zero-order chi connectivity index (χ0) is 14.8. The van der Waals surface area contributed by atoms with Gasteiger partial charge in [0.15, 0.2) is 5.70 Å². The van der Waals surface area contributed by atoms with Crippen LogP contribution in [0.2, 0.25) is 0 Å². The molecule has 1 aliphatic rings. The minimum absolute atomic E-state index is 0.00106. The summed E-state index contributed by atoms with van der Waals surface area (Å²) in [5.74, 6) is -1.75. The van der Waals surface area contributed by atoms with Crippen molar-refractivity contribution in [2.75, 3.05) is 0 Å². The maximum absolute atomic E-state index is 13.6. The van der Waals surface area contributed by atoms with Gasteiger partial charge < -0.3 is 4.74 Å². The molecule has 0 fully saturated rings. The predicted molar refractivity (Wildman–Crippen MR) is 73.4 cm³/mol. The van der Waals surface area contributed by atoms with Gasteiger partial charge in [0.25, 0.3) is 0 Å². The van der Waals surface area contributed by atoms with Gasteiger partial charge in [-0.25, -0.2) is 18.6 Å². The molecule has 21 heavy (non-hydrogen) atoms. The first-order chi connectivity index (χ1) is 10.1. The summed E-state index contributed by atoms with van der Waals surface area (Å²) < 4.78 is 31.7. The molecular weight excluding hydrogens is 276 g/mol. The number of halogens is 2. The average Bonchev–Trinajstić information content (AvgIpc) is 2.80. The number of rotatable bonds is 2. The Bertz CT molecular complexity index is 781. The highest BCUT2D eigenvalue weighted by Gasteiger charge is 2.25. The van der Waals surface area contributed by atoms with Crippen LogP contribution in [0.1, 0.15) is 11.1 Å². The topological polar surface area (TPSA) is 38.7 Å². The Morgan fingerprint density at radius 3 is 2.62 bits per heavy atom. The minimum atomic E-state index is -0.697. The second kappa shape index (κ2) is 5.28. The molecule has 0 radical (unpaired) electrons. The van der Waals surface area contributed by atoms with Crippen molar-refractivity contribution in [3.63, 3.8) is 0 Å². The first-order valence-corrected chi connectivity index (χ1v) is 6.16. The first kappa shape index (κ1) is 13.2. The van der Waals surface area contributed by atoms with Gasteiger partial charge in [0, 0.05) is 0 Å². The second-order valence-electron chi connectivity index (χ2n) is 4.37. The molecule has 2 aromatic carbocycles. The molecule has 0 aliphatic carbocycles. The number of esters is 1. The van der Waals surface area contributed by atoms with Gasteiger partial charge >= 0.3 is 5.97 Å². The van der Waals surface area contributed by atoms with E-state index in [0.29, 0.717) is 5.56 Å². The van der Waals surface area contributed by atoms with Crippen molar-refractivity contribution in [3.8, 4) is 0 Å². The lowest BCUT2D eigenvalue weighted by molar-refractivity contribution is -0.129. The Morgan fingerprint density at radius 1 is 1.05 bits per heavy atom. The third-order valence-electron chi connectivity index (χ3n) is 2.88. The maximum Gasteiger partial charge on any atom is 0.363 e. The Kier molecular flexibility index (Phi) is 3.31. The van der Waals surface area contributed by atoms with E-state index in [1.54, 1.807) is 12.1 Å². The summed E-state index contributed by atoms with van der Waals surface area (Å²) in [4.78, 5) is 15.7. The summed E-state index contributed by atoms with van der Waals surface area (Å²) in [6.07, 6.45) is 1.39. The number of ether oxygens (including phenoxy) is 1. The first-order valence-electron chi connectivity index (χ1n) is 6.16. The third-order valence-corrected chi connectivity index (χ3v) is 2.88. The second-order valence-corrected chi connectivity index (χ2v) is 4.37. The Hall–Kier alpha value is -2.82. The van der Waals surface area contributed by atoms with E-state index in [4.69, 9.17) is 4.74 Å². The van der Waals surface area contributed by atoms with Crippen molar-refractivity contribution >= 4 is 17.9 Å². The SMILES string of the molecule is O=C1OC(c2ccccc2F)=N/C1=C/c1cccc(F)c1. The van der Waals surface area contributed by atoms with E-state index in [2.05, 4.69) is 4.99 Å². The lowest BCUT2D eigenvalue weighted by Gasteiger charge is -1.99. The summed E-state index contributed by atoms with van der Waals surface area (Å²) in [6.45, 7) is 0. The molecule has 5 heteroatoms. The normalized spacial score (nSPS) is 16.0. The lowest BCUT2D eigenvalue weighted by Crippen LogP contribution is -2.07. The molecule has 104 valence electrons. The molecular formula is C16H9F2NO2. The van der Waals surface area contributed by atoms with Gasteiger partial charge in [-0.1, -0.05) is 24.3 Å². The Morgan fingerprint density at radius 2 is 1.86 bits per heavy atom. The van der Waals surface area contributed by atoms with Crippen LogP contribution >= 0.6 is 0 Å². The monoisotopic (exact) mass is 285 g/mol. The number of carbonyl (C=O) groups excluding carboxylic acids is 1. The van der Waals surface area contributed by atoms with E-state index in [0.717, 1.165) is 0 Å². The van der Waals surface area contributed by atoms with Crippen LogP contribution in [0, 0.1) is 11.6 Å². The van der Waals surface area contributed by atoms with Crippen molar-refractivity contribution in [2.45, 2.75) is 0 Å². The number of nitrogens with zero attached hydrogens (tertiary/aromatic N) is 1. The van der Waals surface area contributed by atoms with Gasteiger partial charge in [0.2, 0.25) is 5.90 Å². The fourth-order valence-electron chi connectivity index (χ4n) is 1.91. The van der Waals surface area contributed by atoms with Crippen LogP contribution in [0.4, 0.5) is 8.78 Å². The van der Waals surface area contributed by atoms with Crippen LogP contribution in [-0.4, -0.2) is 11.9 Å². The summed E-state index contributed by atoms with van der Waals surface area (Å²) in [6, 6.07) is 11.6. The van der Waals surface area contributed by atoms with E-state index in [1.807, 2.05) is 0 Å². The molecule has 0 bridgehead atoms. The quantitative estimate of drug-likeness (QED) is 0.627. The Labute approximate surface area is 119 Å². The molecule has 0 spiro atoms. The van der Waals surface area contributed by atoms with Crippen LogP contribution < -0.4 is 0 Å². The minimum Gasteiger partial charge on any atom is -0.402 e. The molecule has 3 nitrogen and oxygen atoms in total. The summed E-state index contributed by atoms with van der Waals surface area (Å²) in [7, 11) is 0. The van der Waals surface area contributed by atoms with Gasteiger partial charge in [-0.3, -0.25) is 0 Å². The summed E-state index contributed by atoms with van der Waals surface area (Å²) in [5, 5.41) is 0. The molecule has 0 saturated carbocycles. The highest BCUT2D eigenvalue weighted by atomic mass is 19.1. The lowest BCUT2D eigenvalue weighted by atomic mass is 10.2. The molecule has 1 aliphatic heterocycles. The van der Waals surface area contributed by atoms with Crippen LogP contribution in [0.5, 0.6) is 0 Å². The molecule has 0 aromatic heterocycles. The Balaban J connectivity index is 1.98. The van der Waals surface area contributed by atoms with Crippen molar-refractivity contribution < 1.29 is 18.3 Å². The third kappa shape index (κ3) is 2.72. The van der Waals surface area contributed by atoms with Gasteiger partial charge in [-0.05, 0) is 35.9 Å². The van der Waals surface area contributed by atoms with Gasteiger partial charge in [-0.2, -0.15) is 0 Å². The standard InChI is InChI=1S/C16H9F2NO2/c17-11-5-3-4-10(8-11)9-14-16(20)21-15(19-14)12-6-1-2-7-13(12)18/h1-9H/b14-9+. The van der Waals surface area contributed by atoms with Crippen LogP contribution in [0.15, 0.2) is 59.2 Å². The van der Waals surface area contributed by atoms with Gasteiger partial charge in [0.05, 0.1) is 5.56 Å². The van der Waals surface area contributed by atoms with E-state index < -0.39 is 17.6 Å². The van der Waals surface area contributed by atoms with E-state index in [9.17, 15) is 13.6 Å². The predicted octanol–water partition coefficient (Wildman–Crippen LogP) is 3.31. The van der Waals surface area contributed by atoms with E-state index in [-0.39, 0.29) is 17.2 Å². The largest absolute Gasteiger partial charge is 0.402 e. The van der Waals surface area contributed by atoms with E-state index in [1.165, 1.54) is 42.5 Å². The number of aliphatic imine (C=N–C) groups is 1. The van der Waals surface area contributed by atoms with Crippen LogP contribution in [-0.2, 0) is 9.53 Å². The molecule has 0 unspecified atom stereocenters. The number of hydrogen-bond acceptors (Lipinski definition) is 3. The number of cyclic esters (lactones) is 1. The molecule has 2 aromatic rings. The highest BCUT2D eigenvalue weighted by molar-refractivity contribution is 6.12. The van der Waals surface area contributed by atoms with Crippen LogP contribution in [0.25, 0.3) is 6.08 Å². The van der Waals surface area contributed by atoms with Crippen LogP contribution in [0.3, 0.4) is 0 Å². The van der Waals surface area contributed by atoms with E-state index >= 15 is 0 Å². The number of carbonyl (C=O) groups is 1. The number of benzene rings is 2. The average molecular weight is 285 g/mol. The molecule has 0 N–H and O–H groups in total. The fraction of sp³-hybridized carbons (Fsp3) is 0. The summed E-state index contributed by atoms with van der Waals surface area (Å²) in [5.41, 5.74) is 0.577. The van der Waals surface area contributed by atoms with Crippen molar-refractivity contribution in [3.05, 3.63) is 77.0 Å². The highest BCUT2D eigenvalue weighted by Crippen LogP contribution is 2.20.